The Bertz CT molecular complexity index is 992. The van der Waals surface area contributed by atoms with E-state index in [0.717, 1.165) is 28.6 Å². The van der Waals surface area contributed by atoms with Crippen molar-refractivity contribution in [2.45, 2.75) is 12.2 Å². The lowest BCUT2D eigenvalue weighted by Gasteiger charge is -2.24. The first-order valence-electron chi connectivity index (χ1n) is 8.84. The van der Waals surface area contributed by atoms with E-state index >= 15 is 0 Å². The molecule has 1 aromatic heterocycles. The molecule has 0 saturated heterocycles. The number of alkyl halides is 3. The Balaban J connectivity index is 1.82. The van der Waals surface area contributed by atoms with Crippen LogP contribution in [-0.2, 0) is 13.2 Å². The fraction of sp³-hybridized carbons (Fsp3) is 0.286. The fourth-order valence-electron chi connectivity index (χ4n) is 3.34. The Morgan fingerprint density at radius 1 is 1.14 bits per heavy atom. The zero-order valence-electron chi connectivity index (χ0n) is 15.9. The number of nitrogens with zero attached hydrogens (tertiary/aromatic N) is 2. The molecule has 7 heteroatoms. The van der Waals surface area contributed by atoms with Crippen LogP contribution in [0.2, 0.25) is 0 Å². The Hall–Kier alpha value is -2.80. The highest BCUT2D eigenvalue weighted by Gasteiger charge is 2.31. The number of rotatable bonds is 5. The first-order valence-corrected chi connectivity index (χ1v) is 8.84. The van der Waals surface area contributed by atoms with E-state index in [0.29, 0.717) is 0 Å². The van der Waals surface area contributed by atoms with Gasteiger partial charge in [0.15, 0.2) is 0 Å². The number of hydrogen-bond acceptors (Lipinski definition) is 2. The van der Waals surface area contributed by atoms with Crippen LogP contribution in [0.25, 0.3) is 10.9 Å². The number of carbonyl (C=O) groups is 1. The van der Waals surface area contributed by atoms with Gasteiger partial charge in [-0.1, -0.05) is 24.3 Å². The number of aryl methyl sites for hydroxylation is 1. The topological polar surface area (TPSA) is 37.3 Å². The lowest BCUT2D eigenvalue weighted by molar-refractivity contribution is -0.137. The molecule has 1 amide bonds. The van der Waals surface area contributed by atoms with Gasteiger partial charge >= 0.3 is 6.18 Å². The summed E-state index contributed by atoms with van der Waals surface area (Å²) in [5.41, 5.74) is 1.28. The third-order valence-electron chi connectivity index (χ3n) is 4.82. The van der Waals surface area contributed by atoms with Crippen LogP contribution in [0.15, 0.2) is 54.7 Å². The number of likely N-dealkylation sites (N-methyl/N-ethyl adjacent to an activating group) is 1. The first-order chi connectivity index (χ1) is 13.2. The number of para-hydroxylation sites is 1. The summed E-state index contributed by atoms with van der Waals surface area (Å²) in [7, 11) is 5.77. The van der Waals surface area contributed by atoms with Crippen LogP contribution in [0.4, 0.5) is 13.2 Å². The minimum absolute atomic E-state index is 0.00903. The summed E-state index contributed by atoms with van der Waals surface area (Å²) < 4.78 is 40.7. The van der Waals surface area contributed by atoms with Gasteiger partial charge in [0.25, 0.3) is 5.91 Å². The van der Waals surface area contributed by atoms with Gasteiger partial charge in [-0.05, 0) is 43.9 Å². The molecule has 1 atom stereocenters. The van der Waals surface area contributed by atoms with Crippen LogP contribution in [-0.4, -0.2) is 36.0 Å². The van der Waals surface area contributed by atoms with E-state index < -0.39 is 17.6 Å². The van der Waals surface area contributed by atoms with Crippen molar-refractivity contribution in [2.75, 3.05) is 20.6 Å². The molecule has 28 heavy (non-hydrogen) atoms. The van der Waals surface area contributed by atoms with E-state index in [1.165, 1.54) is 12.1 Å². The molecule has 0 saturated carbocycles. The molecule has 1 unspecified atom stereocenters. The predicted octanol–water partition coefficient (Wildman–Crippen LogP) is 4.23. The average Bonchev–Trinajstić information content (AvgIpc) is 2.98. The highest BCUT2D eigenvalue weighted by molar-refractivity contribution is 5.94. The minimum Gasteiger partial charge on any atom is -0.350 e. The second-order valence-electron chi connectivity index (χ2n) is 6.98. The van der Waals surface area contributed by atoms with Gasteiger partial charge in [0.1, 0.15) is 0 Å². The summed E-state index contributed by atoms with van der Waals surface area (Å²) >= 11 is 0. The number of fused-ring (bicyclic) bond motifs is 1. The van der Waals surface area contributed by atoms with Crippen molar-refractivity contribution in [3.63, 3.8) is 0 Å². The highest BCUT2D eigenvalue weighted by atomic mass is 19.4. The van der Waals surface area contributed by atoms with Crippen LogP contribution >= 0.6 is 0 Å². The van der Waals surface area contributed by atoms with Crippen molar-refractivity contribution in [2.24, 2.45) is 7.05 Å². The molecule has 3 aromatic rings. The maximum absolute atomic E-state index is 12.9. The van der Waals surface area contributed by atoms with E-state index in [-0.39, 0.29) is 18.2 Å². The molecule has 2 aromatic carbocycles. The van der Waals surface area contributed by atoms with Crippen LogP contribution < -0.4 is 5.32 Å². The largest absolute Gasteiger partial charge is 0.416 e. The molecule has 0 fully saturated rings. The third kappa shape index (κ3) is 4.04. The highest BCUT2D eigenvalue weighted by Crippen LogP contribution is 2.30. The summed E-state index contributed by atoms with van der Waals surface area (Å²) in [5.74, 6) is -0.529. The monoisotopic (exact) mass is 389 g/mol. The van der Waals surface area contributed by atoms with Gasteiger partial charge in [0, 0.05) is 36.3 Å². The summed E-state index contributed by atoms with van der Waals surface area (Å²) in [6.07, 6.45) is -2.46. The molecule has 0 radical (unpaired) electrons. The molecule has 0 bridgehead atoms. The molecule has 3 rings (SSSR count). The maximum atomic E-state index is 12.9. The van der Waals surface area contributed by atoms with E-state index in [1.807, 2.05) is 61.1 Å². The van der Waals surface area contributed by atoms with Crippen molar-refractivity contribution in [1.82, 2.24) is 14.8 Å². The lowest BCUT2D eigenvalue weighted by Crippen LogP contribution is -2.34. The molecule has 4 nitrogen and oxygen atoms in total. The van der Waals surface area contributed by atoms with E-state index in [1.54, 1.807) is 0 Å². The second kappa shape index (κ2) is 7.67. The van der Waals surface area contributed by atoms with Gasteiger partial charge in [0.2, 0.25) is 0 Å². The SMILES string of the molecule is CN(C)C(CNC(=O)c1cccc(C(F)(F)F)c1)c1cn(C)c2ccccc12. The Morgan fingerprint density at radius 2 is 1.86 bits per heavy atom. The maximum Gasteiger partial charge on any atom is 0.416 e. The zero-order chi connectivity index (χ0) is 20.5. The van der Waals surface area contributed by atoms with Crippen molar-refractivity contribution < 1.29 is 18.0 Å². The van der Waals surface area contributed by atoms with Crippen LogP contribution in [0.3, 0.4) is 0 Å². The van der Waals surface area contributed by atoms with Gasteiger partial charge in [-0.2, -0.15) is 13.2 Å². The van der Waals surface area contributed by atoms with Gasteiger partial charge in [0.05, 0.1) is 11.6 Å². The van der Waals surface area contributed by atoms with Gasteiger partial charge < -0.3 is 14.8 Å². The van der Waals surface area contributed by atoms with Crippen LogP contribution in [0.5, 0.6) is 0 Å². The van der Waals surface area contributed by atoms with Gasteiger partial charge in [-0.3, -0.25) is 4.79 Å². The number of halogens is 3. The summed E-state index contributed by atoms with van der Waals surface area (Å²) in [6, 6.07) is 12.3. The van der Waals surface area contributed by atoms with Crippen molar-refractivity contribution in [3.8, 4) is 0 Å². The Morgan fingerprint density at radius 3 is 2.54 bits per heavy atom. The normalized spacial score (nSPS) is 13.1. The molecule has 0 aliphatic rings. The number of benzene rings is 2. The van der Waals surface area contributed by atoms with E-state index in [4.69, 9.17) is 0 Å². The predicted molar refractivity (Wildman–Crippen MR) is 103 cm³/mol. The molecular formula is C21H22F3N3O. The Kier molecular flexibility index (Phi) is 5.47. The lowest BCUT2D eigenvalue weighted by atomic mass is 10.0. The zero-order valence-corrected chi connectivity index (χ0v) is 15.9. The molecule has 1 N–H and O–H groups in total. The summed E-state index contributed by atoms with van der Waals surface area (Å²) in [4.78, 5) is 14.4. The smallest absolute Gasteiger partial charge is 0.350 e. The molecule has 1 heterocycles. The van der Waals surface area contributed by atoms with Crippen LogP contribution in [0.1, 0.15) is 27.5 Å². The van der Waals surface area contributed by atoms with Gasteiger partial charge in [-0.25, -0.2) is 0 Å². The quantitative estimate of drug-likeness (QED) is 0.709. The van der Waals surface area contributed by atoms with Crippen molar-refractivity contribution >= 4 is 16.8 Å². The minimum atomic E-state index is -4.48. The fourth-order valence-corrected chi connectivity index (χ4v) is 3.34. The standard InChI is InChI=1S/C21H22F3N3O/c1-26(2)19(17-13-27(3)18-10-5-4-9-16(17)18)12-25-20(28)14-7-6-8-15(11-14)21(22,23)24/h4-11,13,19H,12H2,1-3H3,(H,25,28). The number of amides is 1. The van der Waals surface area contributed by atoms with E-state index in [9.17, 15) is 18.0 Å². The summed E-state index contributed by atoms with van der Waals surface area (Å²) in [5, 5.41) is 3.85. The average molecular weight is 389 g/mol. The number of aromatic nitrogens is 1. The molecule has 0 aliphatic carbocycles. The van der Waals surface area contributed by atoms with E-state index in [2.05, 4.69) is 5.32 Å². The summed E-state index contributed by atoms with van der Waals surface area (Å²) in [6.45, 7) is 0.274. The molecule has 0 aliphatic heterocycles. The molecule has 0 spiro atoms. The second-order valence-corrected chi connectivity index (χ2v) is 6.98. The number of hydrogen-bond donors (Lipinski definition) is 1. The van der Waals surface area contributed by atoms with Crippen molar-refractivity contribution in [3.05, 3.63) is 71.4 Å². The molecule has 148 valence electrons. The Labute approximate surface area is 161 Å². The molecular weight excluding hydrogens is 367 g/mol. The number of carbonyl (C=O) groups excluding carboxylic acids is 1. The van der Waals surface area contributed by atoms with Gasteiger partial charge in [-0.15, -0.1) is 0 Å². The first kappa shape index (κ1) is 19.9. The van der Waals surface area contributed by atoms with Crippen molar-refractivity contribution in [1.29, 1.82) is 0 Å². The number of nitrogens with one attached hydrogen (secondary N) is 1. The third-order valence-corrected chi connectivity index (χ3v) is 4.82. The van der Waals surface area contributed by atoms with Crippen LogP contribution in [0, 0.1) is 0 Å².